The van der Waals surface area contributed by atoms with E-state index in [2.05, 4.69) is 10.4 Å². The molecule has 1 aromatic carbocycles. The van der Waals surface area contributed by atoms with Crippen LogP contribution in [0, 0.1) is 5.82 Å². The fourth-order valence-electron chi connectivity index (χ4n) is 2.40. The molecule has 0 aliphatic heterocycles. The first kappa shape index (κ1) is 12.7. The highest BCUT2D eigenvalue weighted by Gasteiger charge is 2.53. The number of nitrogens with zero attached hydrogens (tertiary/aromatic N) is 2. The van der Waals surface area contributed by atoms with E-state index in [0.717, 1.165) is 0 Å². The summed E-state index contributed by atoms with van der Waals surface area (Å²) in [6.45, 7) is 0. The minimum Gasteiger partial charge on any atom is -0.481 e. The predicted molar refractivity (Wildman–Crippen MR) is 71.4 cm³/mol. The van der Waals surface area contributed by atoms with Gasteiger partial charge in [0.15, 0.2) is 0 Å². The maximum absolute atomic E-state index is 14.1. The van der Waals surface area contributed by atoms with Crippen LogP contribution in [0.2, 0.25) is 0 Å². The van der Waals surface area contributed by atoms with Crippen LogP contribution >= 0.6 is 0 Å². The Bertz CT molecular complexity index is 677. The van der Waals surface area contributed by atoms with Crippen molar-refractivity contribution in [3.63, 3.8) is 0 Å². The molecule has 104 valence electrons. The molecule has 1 heterocycles. The highest BCUT2D eigenvalue weighted by Crippen LogP contribution is 2.51. The fraction of sp³-hybridized carbons (Fsp3) is 0.286. The quantitative estimate of drug-likeness (QED) is 0.899. The second-order valence-electron chi connectivity index (χ2n) is 5.01. The topological polar surface area (TPSA) is 67.2 Å². The lowest BCUT2D eigenvalue weighted by atomic mass is 9.94. The first-order valence-corrected chi connectivity index (χ1v) is 6.32. The zero-order chi connectivity index (χ0) is 14.3. The number of rotatable bonds is 4. The van der Waals surface area contributed by atoms with Gasteiger partial charge in [-0.15, -0.1) is 0 Å². The molecule has 0 bridgehead atoms. The molecule has 20 heavy (non-hydrogen) atoms. The molecule has 1 saturated carbocycles. The Balaban J connectivity index is 2.06. The van der Waals surface area contributed by atoms with Gasteiger partial charge in [-0.05, 0) is 24.5 Å². The van der Waals surface area contributed by atoms with E-state index >= 15 is 0 Å². The summed E-state index contributed by atoms with van der Waals surface area (Å²) >= 11 is 0. The summed E-state index contributed by atoms with van der Waals surface area (Å²) in [5.41, 5.74) is -0.245. The molecule has 0 saturated heterocycles. The third-order valence-corrected chi connectivity index (χ3v) is 3.76. The van der Waals surface area contributed by atoms with E-state index in [-0.39, 0.29) is 5.69 Å². The largest absolute Gasteiger partial charge is 0.481 e. The third kappa shape index (κ3) is 1.84. The van der Waals surface area contributed by atoms with Gasteiger partial charge in [0.1, 0.15) is 11.6 Å². The van der Waals surface area contributed by atoms with Crippen LogP contribution in [0.5, 0.6) is 0 Å². The maximum Gasteiger partial charge on any atom is 0.314 e. The second-order valence-corrected chi connectivity index (χ2v) is 5.01. The number of carboxylic acid groups (broad SMARTS) is 1. The number of aryl methyl sites for hydroxylation is 1. The third-order valence-electron chi connectivity index (χ3n) is 3.76. The van der Waals surface area contributed by atoms with Gasteiger partial charge in [-0.1, -0.05) is 12.1 Å². The second kappa shape index (κ2) is 4.33. The van der Waals surface area contributed by atoms with E-state index in [1.165, 1.54) is 6.07 Å². The summed E-state index contributed by atoms with van der Waals surface area (Å²) in [4.78, 5) is 11.4. The minimum atomic E-state index is -0.955. The summed E-state index contributed by atoms with van der Waals surface area (Å²) in [5, 5.41) is 16.3. The molecule has 2 aromatic rings. The Morgan fingerprint density at radius 2 is 2.20 bits per heavy atom. The molecule has 1 aromatic heterocycles. The summed E-state index contributed by atoms with van der Waals surface area (Å²) in [7, 11) is 1.73. The first-order chi connectivity index (χ1) is 9.54. The maximum atomic E-state index is 14.1. The molecule has 2 N–H and O–H groups in total. The Labute approximate surface area is 115 Å². The fourth-order valence-corrected chi connectivity index (χ4v) is 2.40. The van der Waals surface area contributed by atoms with Crippen LogP contribution in [0.3, 0.4) is 0 Å². The Morgan fingerprint density at radius 3 is 2.75 bits per heavy atom. The zero-order valence-corrected chi connectivity index (χ0v) is 10.9. The number of aromatic nitrogens is 2. The van der Waals surface area contributed by atoms with E-state index in [9.17, 15) is 14.3 Å². The van der Waals surface area contributed by atoms with Crippen molar-refractivity contribution >= 4 is 17.5 Å². The van der Waals surface area contributed by atoms with E-state index in [1.54, 1.807) is 36.1 Å². The van der Waals surface area contributed by atoms with Crippen LogP contribution in [0.25, 0.3) is 0 Å². The normalized spacial score (nSPS) is 15.9. The Morgan fingerprint density at radius 1 is 1.45 bits per heavy atom. The molecule has 1 fully saturated rings. The van der Waals surface area contributed by atoms with Gasteiger partial charge in [-0.3, -0.25) is 9.48 Å². The average Bonchev–Trinajstić information content (AvgIpc) is 3.12. The van der Waals surface area contributed by atoms with Gasteiger partial charge in [0, 0.05) is 13.1 Å². The first-order valence-electron chi connectivity index (χ1n) is 6.32. The van der Waals surface area contributed by atoms with Gasteiger partial charge in [0.2, 0.25) is 0 Å². The van der Waals surface area contributed by atoms with Crippen molar-refractivity contribution in [2.75, 3.05) is 5.32 Å². The molecule has 5 nitrogen and oxygen atoms in total. The summed E-state index contributed by atoms with van der Waals surface area (Å²) in [6, 6.07) is 6.24. The van der Waals surface area contributed by atoms with Gasteiger partial charge in [-0.25, -0.2) is 4.39 Å². The molecule has 3 rings (SSSR count). The van der Waals surface area contributed by atoms with Crippen molar-refractivity contribution in [2.24, 2.45) is 7.05 Å². The molecule has 0 atom stereocenters. The number of nitrogens with one attached hydrogen (secondary N) is 1. The van der Waals surface area contributed by atoms with Crippen molar-refractivity contribution in [3.8, 4) is 0 Å². The lowest BCUT2D eigenvalue weighted by Crippen LogP contribution is -2.21. The number of benzene rings is 1. The lowest BCUT2D eigenvalue weighted by molar-refractivity contribution is -0.140. The van der Waals surface area contributed by atoms with Gasteiger partial charge in [0.25, 0.3) is 0 Å². The molecule has 6 heteroatoms. The number of hydrogen-bond acceptors (Lipinski definition) is 3. The van der Waals surface area contributed by atoms with E-state index in [1.807, 2.05) is 0 Å². The van der Waals surface area contributed by atoms with Gasteiger partial charge in [0.05, 0.1) is 17.3 Å². The van der Waals surface area contributed by atoms with E-state index in [0.29, 0.717) is 24.2 Å². The van der Waals surface area contributed by atoms with Gasteiger partial charge in [-0.2, -0.15) is 5.10 Å². The number of para-hydroxylation sites is 1. The van der Waals surface area contributed by atoms with Crippen molar-refractivity contribution in [1.29, 1.82) is 0 Å². The van der Waals surface area contributed by atoms with Crippen molar-refractivity contribution < 1.29 is 14.3 Å². The summed E-state index contributed by atoms with van der Waals surface area (Å²) < 4.78 is 15.7. The minimum absolute atomic E-state index is 0.219. The average molecular weight is 275 g/mol. The van der Waals surface area contributed by atoms with Crippen LogP contribution in [0.1, 0.15) is 18.4 Å². The van der Waals surface area contributed by atoms with Crippen molar-refractivity contribution in [3.05, 3.63) is 41.8 Å². The molecule has 0 spiro atoms. The highest BCUT2D eigenvalue weighted by atomic mass is 19.1. The van der Waals surface area contributed by atoms with Crippen LogP contribution in [-0.2, 0) is 17.3 Å². The zero-order valence-electron chi connectivity index (χ0n) is 10.9. The molecular formula is C14H14FN3O2. The number of aliphatic carboxylic acids is 1. The Kier molecular flexibility index (Phi) is 2.74. The van der Waals surface area contributed by atoms with Crippen molar-refractivity contribution in [1.82, 2.24) is 9.78 Å². The van der Waals surface area contributed by atoms with Crippen LogP contribution in [0.4, 0.5) is 15.9 Å². The summed E-state index contributed by atoms with van der Waals surface area (Å²) in [6.07, 6.45) is 2.66. The predicted octanol–water partition coefficient (Wildman–Crippen LogP) is 2.42. The molecule has 1 aliphatic carbocycles. The van der Waals surface area contributed by atoms with Crippen LogP contribution < -0.4 is 5.32 Å². The van der Waals surface area contributed by atoms with Crippen LogP contribution in [0.15, 0.2) is 30.5 Å². The number of halogens is 1. The van der Waals surface area contributed by atoms with Gasteiger partial charge < -0.3 is 10.4 Å². The molecule has 0 amide bonds. The van der Waals surface area contributed by atoms with Gasteiger partial charge >= 0.3 is 5.97 Å². The Hall–Kier alpha value is -2.37. The molecule has 1 aliphatic rings. The van der Waals surface area contributed by atoms with E-state index in [4.69, 9.17) is 0 Å². The lowest BCUT2D eigenvalue weighted by Gasteiger charge is -2.17. The SMILES string of the molecule is Cn1nccc1Nc1c(F)cccc1C1(C(=O)O)CC1. The smallest absolute Gasteiger partial charge is 0.314 e. The molecule has 0 unspecified atom stereocenters. The van der Waals surface area contributed by atoms with Crippen molar-refractivity contribution in [2.45, 2.75) is 18.3 Å². The number of carboxylic acids is 1. The number of anilines is 2. The molecular weight excluding hydrogens is 261 g/mol. The van der Waals surface area contributed by atoms with E-state index < -0.39 is 17.2 Å². The number of carbonyl (C=O) groups is 1. The molecule has 0 radical (unpaired) electrons. The standard InChI is InChI=1S/C14H14FN3O2/c1-18-11(5-8-16-18)17-12-9(3-2-4-10(12)15)14(6-7-14)13(19)20/h2-5,8,17H,6-7H2,1H3,(H,19,20). The number of hydrogen-bond donors (Lipinski definition) is 2. The monoisotopic (exact) mass is 275 g/mol. The summed E-state index contributed by atoms with van der Waals surface area (Å²) in [5.74, 6) is -0.759. The van der Waals surface area contributed by atoms with Crippen LogP contribution in [-0.4, -0.2) is 20.9 Å². The highest BCUT2D eigenvalue weighted by molar-refractivity contribution is 5.88.